The number of hydrogen-bond donors (Lipinski definition) is 1. The standard InChI is InChI=1S/C17H32N4O/c1-14(16-5-3-4-7-18-16)17(22)21-11-9-20(10-12-21)15-6-8-19(2)13-15/h14-16,18H,3-13H2,1-2H3. The average Bonchev–Trinajstić information content (AvgIpc) is 3.01. The van der Waals surface area contributed by atoms with Crippen molar-refractivity contribution in [2.75, 3.05) is 52.9 Å². The fraction of sp³-hybridized carbons (Fsp3) is 0.941. The fourth-order valence-corrected chi connectivity index (χ4v) is 4.28. The maximum Gasteiger partial charge on any atom is 0.227 e. The minimum Gasteiger partial charge on any atom is -0.340 e. The second-order valence-corrected chi connectivity index (χ2v) is 7.41. The third kappa shape index (κ3) is 3.63. The third-order valence-corrected chi connectivity index (χ3v) is 5.85. The summed E-state index contributed by atoms with van der Waals surface area (Å²) < 4.78 is 0. The van der Waals surface area contributed by atoms with Gasteiger partial charge in [-0.05, 0) is 39.4 Å². The maximum atomic E-state index is 12.7. The molecule has 1 amide bonds. The normalized spacial score (nSPS) is 33.1. The van der Waals surface area contributed by atoms with E-state index in [0.717, 1.165) is 39.1 Å². The molecular weight excluding hydrogens is 276 g/mol. The molecule has 3 atom stereocenters. The van der Waals surface area contributed by atoms with Crippen molar-refractivity contribution in [1.29, 1.82) is 0 Å². The zero-order chi connectivity index (χ0) is 15.5. The molecule has 0 bridgehead atoms. The van der Waals surface area contributed by atoms with Gasteiger partial charge in [0.2, 0.25) is 5.91 Å². The molecule has 0 aromatic heterocycles. The molecule has 22 heavy (non-hydrogen) atoms. The van der Waals surface area contributed by atoms with Gasteiger partial charge in [-0.25, -0.2) is 0 Å². The summed E-state index contributed by atoms with van der Waals surface area (Å²) in [6.45, 7) is 9.52. The number of piperazine rings is 1. The van der Waals surface area contributed by atoms with Gasteiger partial charge in [-0.3, -0.25) is 9.69 Å². The number of likely N-dealkylation sites (tertiary alicyclic amines) is 1. The number of nitrogens with zero attached hydrogens (tertiary/aromatic N) is 3. The van der Waals surface area contributed by atoms with Crippen molar-refractivity contribution >= 4 is 5.91 Å². The van der Waals surface area contributed by atoms with Crippen LogP contribution in [0.4, 0.5) is 0 Å². The van der Waals surface area contributed by atoms with Crippen LogP contribution in [0.3, 0.4) is 0 Å². The van der Waals surface area contributed by atoms with Crippen molar-refractivity contribution in [3.63, 3.8) is 0 Å². The van der Waals surface area contributed by atoms with Crippen LogP contribution in [-0.2, 0) is 4.79 Å². The lowest BCUT2D eigenvalue weighted by Gasteiger charge is -2.40. The van der Waals surface area contributed by atoms with E-state index in [1.165, 1.54) is 32.4 Å². The van der Waals surface area contributed by atoms with E-state index in [1.54, 1.807) is 0 Å². The maximum absolute atomic E-state index is 12.7. The molecule has 0 saturated carbocycles. The highest BCUT2D eigenvalue weighted by Gasteiger charge is 2.33. The molecule has 3 saturated heterocycles. The van der Waals surface area contributed by atoms with Crippen molar-refractivity contribution < 1.29 is 4.79 Å². The molecule has 0 aromatic rings. The molecule has 0 aromatic carbocycles. The number of amides is 1. The van der Waals surface area contributed by atoms with E-state index in [9.17, 15) is 4.79 Å². The second kappa shape index (κ2) is 7.28. The summed E-state index contributed by atoms with van der Waals surface area (Å²) in [5, 5.41) is 3.53. The summed E-state index contributed by atoms with van der Waals surface area (Å²) in [5.41, 5.74) is 0. The molecule has 3 fully saturated rings. The minimum atomic E-state index is 0.129. The van der Waals surface area contributed by atoms with Crippen molar-refractivity contribution in [3.05, 3.63) is 0 Å². The minimum absolute atomic E-state index is 0.129. The molecular formula is C17H32N4O. The predicted molar refractivity (Wildman–Crippen MR) is 88.9 cm³/mol. The van der Waals surface area contributed by atoms with Crippen LogP contribution in [-0.4, -0.2) is 85.6 Å². The van der Waals surface area contributed by atoms with Crippen LogP contribution in [0.5, 0.6) is 0 Å². The molecule has 0 radical (unpaired) electrons. The monoisotopic (exact) mass is 308 g/mol. The Morgan fingerprint density at radius 1 is 1.09 bits per heavy atom. The van der Waals surface area contributed by atoms with Gasteiger partial charge in [0.1, 0.15) is 0 Å². The number of piperidine rings is 1. The third-order valence-electron chi connectivity index (χ3n) is 5.85. The largest absolute Gasteiger partial charge is 0.340 e. The molecule has 3 unspecified atom stereocenters. The highest BCUT2D eigenvalue weighted by atomic mass is 16.2. The molecule has 3 rings (SSSR count). The Morgan fingerprint density at radius 3 is 2.45 bits per heavy atom. The van der Waals surface area contributed by atoms with Gasteiger partial charge in [-0.15, -0.1) is 0 Å². The zero-order valence-electron chi connectivity index (χ0n) is 14.3. The first-order valence-corrected chi connectivity index (χ1v) is 9.10. The van der Waals surface area contributed by atoms with Crippen molar-refractivity contribution in [1.82, 2.24) is 20.0 Å². The first kappa shape index (κ1) is 16.2. The number of rotatable bonds is 3. The lowest BCUT2D eigenvalue weighted by molar-refractivity contribution is -0.138. The van der Waals surface area contributed by atoms with Crippen LogP contribution in [0.15, 0.2) is 0 Å². The molecule has 5 heteroatoms. The summed E-state index contributed by atoms with van der Waals surface area (Å²) in [6, 6.07) is 1.10. The van der Waals surface area contributed by atoms with E-state index in [0.29, 0.717) is 18.0 Å². The number of likely N-dealkylation sites (N-methyl/N-ethyl adjacent to an activating group) is 1. The van der Waals surface area contributed by atoms with Crippen molar-refractivity contribution in [2.45, 2.75) is 44.7 Å². The van der Waals surface area contributed by atoms with Crippen LogP contribution >= 0.6 is 0 Å². The van der Waals surface area contributed by atoms with E-state index in [2.05, 4.69) is 34.0 Å². The Balaban J connectivity index is 1.47. The Kier molecular flexibility index (Phi) is 5.37. The molecule has 0 aliphatic carbocycles. The Labute approximate surface area is 135 Å². The number of carbonyl (C=O) groups is 1. The Hall–Kier alpha value is -0.650. The van der Waals surface area contributed by atoms with Gasteiger partial charge in [0.15, 0.2) is 0 Å². The van der Waals surface area contributed by atoms with Crippen LogP contribution in [0.1, 0.15) is 32.6 Å². The summed E-state index contributed by atoms with van der Waals surface area (Å²) in [6.07, 6.45) is 4.96. The number of nitrogens with one attached hydrogen (secondary N) is 1. The predicted octanol–water partition coefficient (Wildman–Crippen LogP) is 0.613. The van der Waals surface area contributed by atoms with Gasteiger partial charge >= 0.3 is 0 Å². The lowest BCUT2D eigenvalue weighted by atomic mass is 9.92. The second-order valence-electron chi connectivity index (χ2n) is 7.41. The molecule has 3 aliphatic rings. The van der Waals surface area contributed by atoms with Crippen LogP contribution in [0, 0.1) is 5.92 Å². The van der Waals surface area contributed by atoms with E-state index in [-0.39, 0.29) is 5.92 Å². The highest BCUT2D eigenvalue weighted by molar-refractivity contribution is 5.79. The van der Waals surface area contributed by atoms with E-state index in [1.807, 2.05) is 0 Å². The van der Waals surface area contributed by atoms with Crippen LogP contribution in [0.25, 0.3) is 0 Å². The molecule has 126 valence electrons. The Bertz CT molecular complexity index is 375. The first-order chi connectivity index (χ1) is 10.6. The summed E-state index contributed by atoms with van der Waals surface area (Å²) in [4.78, 5) is 19.9. The zero-order valence-corrected chi connectivity index (χ0v) is 14.3. The molecule has 3 heterocycles. The molecule has 5 nitrogen and oxygen atoms in total. The molecule has 0 spiro atoms. The first-order valence-electron chi connectivity index (χ1n) is 9.10. The fourth-order valence-electron chi connectivity index (χ4n) is 4.28. The van der Waals surface area contributed by atoms with Crippen LogP contribution in [0.2, 0.25) is 0 Å². The Morgan fingerprint density at radius 2 is 1.86 bits per heavy atom. The van der Waals surface area contributed by atoms with Gasteiger partial charge in [-0.2, -0.15) is 0 Å². The quantitative estimate of drug-likeness (QED) is 0.829. The van der Waals surface area contributed by atoms with Crippen molar-refractivity contribution in [3.8, 4) is 0 Å². The topological polar surface area (TPSA) is 38.8 Å². The number of hydrogen-bond acceptors (Lipinski definition) is 4. The lowest BCUT2D eigenvalue weighted by Crippen LogP contribution is -2.55. The van der Waals surface area contributed by atoms with E-state index < -0.39 is 0 Å². The van der Waals surface area contributed by atoms with Gasteiger partial charge < -0.3 is 15.1 Å². The number of carbonyl (C=O) groups excluding carboxylic acids is 1. The summed E-state index contributed by atoms with van der Waals surface area (Å²) in [5.74, 6) is 0.493. The highest BCUT2D eigenvalue weighted by Crippen LogP contribution is 2.20. The SMILES string of the molecule is CC(C(=O)N1CCN(C2CCN(C)C2)CC1)C1CCCCN1. The smallest absolute Gasteiger partial charge is 0.227 e. The van der Waals surface area contributed by atoms with Crippen LogP contribution < -0.4 is 5.32 Å². The molecule has 1 N–H and O–H groups in total. The van der Waals surface area contributed by atoms with Gasteiger partial charge in [0.05, 0.1) is 5.92 Å². The summed E-state index contributed by atoms with van der Waals surface area (Å²) in [7, 11) is 2.21. The van der Waals surface area contributed by atoms with Gasteiger partial charge in [0.25, 0.3) is 0 Å². The molecule has 3 aliphatic heterocycles. The summed E-state index contributed by atoms with van der Waals surface area (Å²) >= 11 is 0. The van der Waals surface area contributed by atoms with E-state index in [4.69, 9.17) is 0 Å². The average molecular weight is 308 g/mol. The van der Waals surface area contributed by atoms with Gasteiger partial charge in [-0.1, -0.05) is 13.3 Å². The van der Waals surface area contributed by atoms with Crippen molar-refractivity contribution in [2.24, 2.45) is 5.92 Å². The van der Waals surface area contributed by atoms with Gasteiger partial charge in [0, 0.05) is 44.8 Å². The van der Waals surface area contributed by atoms with E-state index >= 15 is 0 Å².